The highest BCUT2D eigenvalue weighted by Crippen LogP contribution is 2.36. The fourth-order valence-electron chi connectivity index (χ4n) is 3.26. The Morgan fingerprint density at radius 2 is 2.06 bits per heavy atom. The van der Waals surface area contributed by atoms with Crippen molar-refractivity contribution in [3.63, 3.8) is 0 Å². The molecular formula is C16H19NO. The second-order valence-corrected chi connectivity index (χ2v) is 5.39. The third-order valence-electron chi connectivity index (χ3n) is 4.08. The summed E-state index contributed by atoms with van der Waals surface area (Å²) >= 11 is 0. The first-order valence-corrected chi connectivity index (χ1v) is 6.84. The van der Waals surface area contributed by atoms with E-state index < -0.39 is 0 Å². The van der Waals surface area contributed by atoms with Crippen LogP contribution in [0.3, 0.4) is 0 Å². The highest BCUT2D eigenvalue weighted by molar-refractivity contribution is 5.87. The Hall–Kier alpha value is -1.57. The van der Waals surface area contributed by atoms with Crippen molar-refractivity contribution in [1.29, 1.82) is 0 Å². The van der Waals surface area contributed by atoms with Crippen molar-refractivity contribution >= 4 is 16.7 Å². The summed E-state index contributed by atoms with van der Waals surface area (Å²) in [6.45, 7) is 2.13. The Balaban J connectivity index is 2.07. The van der Waals surface area contributed by atoms with Crippen molar-refractivity contribution in [2.24, 2.45) is 0 Å². The molecule has 94 valence electrons. The molecule has 1 N–H and O–H groups in total. The molecule has 1 saturated carbocycles. The van der Waals surface area contributed by atoms with E-state index in [0.29, 0.717) is 11.7 Å². The van der Waals surface area contributed by atoms with Crippen LogP contribution in [0.2, 0.25) is 0 Å². The Morgan fingerprint density at radius 3 is 2.94 bits per heavy atom. The van der Waals surface area contributed by atoms with E-state index in [1.54, 1.807) is 0 Å². The van der Waals surface area contributed by atoms with Crippen LogP contribution in [0.25, 0.3) is 10.9 Å². The highest BCUT2D eigenvalue weighted by Gasteiger charge is 2.23. The highest BCUT2D eigenvalue weighted by atomic mass is 16.1. The van der Waals surface area contributed by atoms with Crippen LogP contribution < -0.4 is 0 Å². The number of para-hydroxylation sites is 1. The van der Waals surface area contributed by atoms with Crippen LogP contribution in [0, 0.1) is 6.92 Å². The van der Waals surface area contributed by atoms with E-state index in [2.05, 4.69) is 36.2 Å². The summed E-state index contributed by atoms with van der Waals surface area (Å²) in [5, 5.41) is 1.30. The molecular weight excluding hydrogens is 222 g/mol. The molecule has 3 rings (SSSR count). The Labute approximate surface area is 107 Å². The lowest BCUT2D eigenvalue weighted by atomic mass is 9.89. The van der Waals surface area contributed by atoms with Crippen molar-refractivity contribution in [1.82, 2.24) is 4.98 Å². The number of fused-ring (bicyclic) bond motifs is 1. The van der Waals surface area contributed by atoms with Crippen molar-refractivity contribution in [3.05, 3.63) is 35.5 Å². The number of rotatable bonds is 1. The second-order valence-electron chi connectivity index (χ2n) is 5.39. The number of H-pyrrole nitrogens is 1. The van der Waals surface area contributed by atoms with Gasteiger partial charge in [-0.05, 0) is 37.3 Å². The summed E-state index contributed by atoms with van der Waals surface area (Å²) < 4.78 is 0. The molecule has 1 aromatic heterocycles. The number of aryl methyl sites for hydroxylation is 1. The number of aromatic nitrogens is 1. The summed E-state index contributed by atoms with van der Waals surface area (Å²) in [7, 11) is 0. The number of carbonyl (C=O) groups excluding carboxylic acids is 1. The SMILES string of the molecule is Cc1[nH]c2ccccc2c1C1CCCCC(=O)C1. The molecule has 1 unspecified atom stereocenters. The Kier molecular flexibility index (Phi) is 2.94. The van der Waals surface area contributed by atoms with Crippen molar-refractivity contribution in [3.8, 4) is 0 Å². The number of carbonyl (C=O) groups is 1. The van der Waals surface area contributed by atoms with Gasteiger partial charge in [-0.2, -0.15) is 0 Å². The number of nitrogens with one attached hydrogen (secondary N) is 1. The molecule has 0 spiro atoms. The molecule has 1 aromatic carbocycles. The fraction of sp³-hybridized carbons (Fsp3) is 0.438. The molecule has 2 heteroatoms. The van der Waals surface area contributed by atoms with Crippen molar-refractivity contribution in [2.75, 3.05) is 0 Å². The molecule has 2 aromatic rings. The van der Waals surface area contributed by atoms with Gasteiger partial charge < -0.3 is 4.98 Å². The van der Waals surface area contributed by atoms with Crippen molar-refractivity contribution < 1.29 is 4.79 Å². The summed E-state index contributed by atoms with van der Waals surface area (Å²) in [6, 6.07) is 8.42. The molecule has 1 heterocycles. The number of hydrogen-bond acceptors (Lipinski definition) is 1. The third-order valence-corrected chi connectivity index (χ3v) is 4.08. The summed E-state index contributed by atoms with van der Waals surface area (Å²) in [5.41, 5.74) is 3.80. The Bertz CT molecular complexity index is 582. The van der Waals surface area contributed by atoms with E-state index in [0.717, 1.165) is 25.7 Å². The average molecular weight is 241 g/mol. The predicted octanol–water partition coefficient (Wildman–Crippen LogP) is 4.09. The average Bonchev–Trinajstić information content (AvgIpc) is 2.53. The van der Waals surface area contributed by atoms with Crippen LogP contribution in [0.15, 0.2) is 24.3 Å². The topological polar surface area (TPSA) is 32.9 Å². The summed E-state index contributed by atoms with van der Waals surface area (Å²) in [5.74, 6) is 0.846. The normalized spacial score (nSPS) is 21.2. The summed E-state index contributed by atoms with van der Waals surface area (Å²) in [4.78, 5) is 15.3. The van der Waals surface area contributed by atoms with Crippen LogP contribution in [-0.2, 0) is 4.79 Å². The zero-order chi connectivity index (χ0) is 12.5. The van der Waals surface area contributed by atoms with Gasteiger partial charge in [0.1, 0.15) is 5.78 Å². The molecule has 1 aliphatic rings. The minimum atomic E-state index is 0.413. The molecule has 0 saturated heterocycles. The van der Waals surface area contributed by atoms with E-state index in [-0.39, 0.29) is 0 Å². The molecule has 0 amide bonds. The first-order valence-electron chi connectivity index (χ1n) is 6.84. The van der Waals surface area contributed by atoms with Gasteiger partial charge in [0.15, 0.2) is 0 Å². The first-order chi connectivity index (χ1) is 8.75. The quantitative estimate of drug-likeness (QED) is 0.749. The smallest absolute Gasteiger partial charge is 0.133 e. The lowest BCUT2D eigenvalue weighted by Crippen LogP contribution is -2.04. The van der Waals surface area contributed by atoms with Gasteiger partial charge >= 0.3 is 0 Å². The number of benzene rings is 1. The largest absolute Gasteiger partial charge is 0.358 e. The number of hydrogen-bond donors (Lipinski definition) is 1. The lowest BCUT2D eigenvalue weighted by Gasteiger charge is -2.14. The Morgan fingerprint density at radius 1 is 1.22 bits per heavy atom. The van der Waals surface area contributed by atoms with Crippen LogP contribution >= 0.6 is 0 Å². The van der Waals surface area contributed by atoms with E-state index >= 15 is 0 Å². The van der Waals surface area contributed by atoms with Gasteiger partial charge in [-0.15, -0.1) is 0 Å². The number of ketones is 1. The van der Waals surface area contributed by atoms with E-state index in [1.165, 1.54) is 28.6 Å². The monoisotopic (exact) mass is 241 g/mol. The first kappa shape index (κ1) is 11.5. The molecule has 1 atom stereocenters. The fourth-order valence-corrected chi connectivity index (χ4v) is 3.26. The van der Waals surface area contributed by atoms with E-state index in [1.807, 2.05) is 0 Å². The zero-order valence-corrected chi connectivity index (χ0v) is 10.8. The molecule has 2 nitrogen and oxygen atoms in total. The molecule has 0 radical (unpaired) electrons. The van der Waals surface area contributed by atoms with E-state index in [4.69, 9.17) is 0 Å². The maximum atomic E-state index is 11.8. The third kappa shape index (κ3) is 1.96. The molecule has 0 bridgehead atoms. The molecule has 18 heavy (non-hydrogen) atoms. The maximum Gasteiger partial charge on any atom is 0.133 e. The molecule has 0 aliphatic heterocycles. The van der Waals surface area contributed by atoms with Crippen LogP contribution in [-0.4, -0.2) is 10.8 Å². The van der Waals surface area contributed by atoms with Gasteiger partial charge in [0.2, 0.25) is 0 Å². The lowest BCUT2D eigenvalue weighted by molar-refractivity contribution is -0.119. The zero-order valence-electron chi connectivity index (χ0n) is 10.8. The van der Waals surface area contributed by atoms with Gasteiger partial charge in [-0.25, -0.2) is 0 Å². The minimum absolute atomic E-state index is 0.413. The predicted molar refractivity (Wildman–Crippen MR) is 73.9 cm³/mol. The minimum Gasteiger partial charge on any atom is -0.358 e. The van der Waals surface area contributed by atoms with Crippen LogP contribution in [0.4, 0.5) is 0 Å². The van der Waals surface area contributed by atoms with E-state index in [9.17, 15) is 4.79 Å². The maximum absolute atomic E-state index is 11.8. The standard InChI is InChI=1S/C16H19NO/c1-11-16(12-6-2-3-7-13(18)10-12)14-8-4-5-9-15(14)17-11/h4-5,8-9,12,17H,2-3,6-7,10H2,1H3. The van der Waals surface area contributed by atoms with Gasteiger partial charge in [0, 0.05) is 29.4 Å². The number of aromatic amines is 1. The molecule has 1 aliphatic carbocycles. The second kappa shape index (κ2) is 4.60. The van der Waals surface area contributed by atoms with Gasteiger partial charge in [0.05, 0.1) is 0 Å². The summed E-state index contributed by atoms with van der Waals surface area (Å²) in [6.07, 6.45) is 4.89. The van der Waals surface area contributed by atoms with Crippen LogP contribution in [0.1, 0.15) is 49.3 Å². The number of Topliss-reactive ketones (excluding diaryl/α,β-unsaturated/α-hetero) is 1. The van der Waals surface area contributed by atoms with Gasteiger partial charge in [-0.1, -0.05) is 24.6 Å². The van der Waals surface area contributed by atoms with Crippen molar-refractivity contribution in [2.45, 2.75) is 44.9 Å². The van der Waals surface area contributed by atoms with Crippen LogP contribution in [0.5, 0.6) is 0 Å². The molecule has 1 fully saturated rings. The van der Waals surface area contributed by atoms with Gasteiger partial charge in [0.25, 0.3) is 0 Å². The van der Waals surface area contributed by atoms with Gasteiger partial charge in [-0.3, -0.25) is 4.79 Å².